The Balaban J connectivity index is 1.88. The van der Waals surface area contributed by atoms with Crippen LogP contribution in [0.1, 0.15) is 21.5 Å². The first-order chi connectivity index (χ1) is 9.78. The van der Waals surface area contributed by atoms with E-state index < -0.39 is 0 Å². The Labute approximate surface area is 114 Å². The van der Waals surface area contributed by atoms with Crippen molar-refractivity contribution >= 4 is 11.9 Å². The SMILES string of the molecule is O=Cc1cc(=O)[nH]cc1CCc1cccn2ccnc12. The largest absolute Gasteiger partial charge is 0.329 e. The summed E-state index contributed by atoms with van der Waals surface area (Å²) in [5, 5.41) is 0. The van der Waals surface area contributed by atoms with Crippen LogP contribution in [0.3, 0.4) is 0 Å². The molecule has 0 aliphatic rings. The molecule has 0 amide bonds. The predicted octanol–water partition coefficient (Wildman–Crippen LogP) is 1.62. The Morgan fingerprint density at radius 2 is 2.10 bits per heavy atom. The van der Waals surface area contributed by atoms with Crippen LogP contribution in [0.25, 0.3) is 5.65 Å². The lowest BCUT2D eigenvalue weighted by Gasteiger charge is -2.05. The summed E-state index contributed by atoms with van der Waals surface area (Å²) in [6.07, 6.45) is 9.37. The van der Waals surface area contributed by atoms with Crippen molar-refractivity contribution in [2.24, 2.45) is 0 Å². The zero-order valence-electron chi connectivity index (χ0n) is 10.7. The van der Waals surface area contributed by atoms with E-state index in [-0.39, 0.29) is 5.56 Å². The van der Waals surface area contributed by atoms with E-state index in [1.807, 2.05) is 28.9 Å². The lowest BCUT2D eigenvalue weighted by Crippen LogP contribution is -2.08. The molecule has 5 nitrogen and oxygen atoms in total. The number of aldehydes is 1. The Morgan fingerprint density at radius 3 is 2.95 bits per heavy atom. The summed E-state index contributed by atoms with van der Waals surface area (Å²) in [5.41, 5.74) is 3.06. The molecule has 0 atom stereocenters. The first-order valence-corrected chi connectivity index (χ1v) is 6.35. The minimum Gasteiger partial charge on any atom is -0.329 e. The maximum Gasteiger partial charge on any atom is 0.248 e. The quantitative estimate of drug-likeness (QED) is 0.730. The maximum atomic E-state index is 11.2. The number of hydrogen-bond donors (Lipinski definition) is 1. The highest BCUT2D eigenvalue weighted by molar-refractivity contribution is 5.76. The third-order valence-electron chi connectivity index (χ3n) is 3.34. The molecule has 1 N–H and O–H groups in total. The first-order valence-electron chi connectivity index (χ1n) is 6.35. The highest BCUT2D eigenvalue weighted by atomic mass is 16.1. The van der Waals surface area contributed by atoms with Gasteiger partial charge in [-0.15, -0.1) is 0 Å². The van der Waals surface area contributed by atoms with Crippen LogP contribution in [-0.2, 0) is 12.8 Å². The monoisotopic (exact) mass is 267 g/mol. The molecular formula is C15H13N3O2. The number of fused-ring (bicyclic) bond motifs is 1. The van der Waals surface area contributed by atoms with E-state index in [1.54, 1.807) is 12.4 Å². The fourth-order valence-electron chi connectivity index (χ4n) is 2.32. The molecule has 0 spiro atoms. The zero-order valence-corrected chi connectivity index (χ0v) is 10.7. The van der Waals surface area contributed by atoms with Gasteiger partial charge in [0.05, 0.1) is 0 Å². The molecule has 100 valence electrons. The van der Waals surface area contributed by atoms with Crippen LogP contribution in [0.5, 0.6) is 0 Å². The number of carbonyl (C=O) groups is 1. The topological polar surface area (TPSA) is 67.2 Å². The molecule has 0 aromatic carbocycles. The number of nitrogens with one attached hydrogen (secondary N) is 1. The Bertz CT molecular complexity index is 817. The van der Waals surface area contributed by atoms with Gasteiger partial charge >= 0.3 is 0 Å². The van der Waals surface area contributed by atoms with Crippen molar-refractivity contribution in [3.8, 4) is 0 Å². The van der Waals surface area contributed by atoms with Crippen molar-refractivity contribution in [1.29, 1.82) is 0 Å². The van der Waals surface area contributed by atoms with Crippen molar-refractivity contribution in [3.05, 3.63) is 70.0 Å². The zero-order chi connectivity index (χ0) is 13.9. The van der Waals surface area contributed by atoms with Gasteiger partial charge in [-0.2, -0.15) is 0 Å². The maximum absolute atomic E-state index is 11.2. The summed E-state index contributed by atoms with van der Waals surface area (Å²) in [4.78, 5) is 29.1. The van der Waals surface area contributed by atoms with Gasteiger partial charge in [0, 0.05) is 36.4 Å². The number of imidazole rings is 1. The summed E-state index contributed by atoms with van der Waals surface area (Å²) in [7, 11) is 0. The van der Waals surface area contributed by atoms with E-state index in [1.165, 1.54) is 6.07 Å². The van der Waals surface area contributed by atoms with Gasteiger partial charge in [0.2, 0.25) is 5.56 Å². The molecule has 3 aromatic heterocycles. The minimum absolute atomic E-state index is 0.258. The number of H-pyrrole nitrogens is 1. The van der Waals surface area contributed by atoms with Crippen molar-refractivity contribution in [2.45, 2.75) is 12.8 Å². The highest BCUT2D eigenvalue weighted by Gasteiger charge is 2.06. The lowest BCUT2D eigenvalue weighted by atomic mass is 10.0. The Morgan fingerprint density at radius 1 is 1.25 bits per heavy atom. The number of hydrogen-bond acceptors (Lipinski definition) is 3. The molecule has 3 rings (SSSR count). The van der Waals surface area contributed by atoms with Gasteiger partial charge < -0.3 is 9.38 Å². The van der Waals surface area contributed by atoms with Crippen molar-refractivity contribution < 1.29 is 4.79 Å². The Kier molecular flexibility index (Phi) is 3.16. The molecule has 0 saturated heterocycles. The summed E-state index contributed by atoms with van der Waals surface area (Å²) in [6, 6.07) is 5.32. The lowest BCUT2D eigenvalue weighted by molar-refractivity contribution is 0.112. The second-order valence-electron chi connectivity index (χ2n) is 4.59. The van der Waals surface area contributed by atoms with Gasteiger partial charge in [-0.25, -0.2) is 4.98 Å². The van der Waals surface area contributed by atoms with Gasteiger partial charge in [0.15, 0.2) is 6.29 Å². The van der Waals surface area contributed by atoms with E-state index in [2.05, 4.69) is 9.97 Å². The van der Waals surface area contributed by atoms with Gasteiger partial charge in [-0.1, -0.05) is 6.07 Å². The van der Waals surface area contributed by atoms with Crippen molar-refractivity contribution in [2.75, 3.05) is 0 Å². The first kappa shape index (κ1) is 12.3. The fourth-order valence-corrected chi connectivity index (χ4v) is 2.32. The molecule has 3 heterocycles. The van der Waals surface area contributed by atoms with Crippen molar-refractivity contribution in [3.63, 3.8) is 0 Å². The van der Waals surface area contributed by atoms with Crippen LogP contribution in [0.2, 0.25) is 0 Å². The average Bonchev–Trinajstić information content (AvgIpc) is 2.94. The summed E-state index contributed by atoms with van der Waals surface area (Å²) in [6.45, 7) is 0. The number of rotatable bonds is 4. The van der Waals surface area contributed by atoms with Crippen molar-refractivity contribution in [1.82, 2.24) is 14.4 Å². The third kappa shape index (κ3) is 2.25. The van der Waals surface area contributed by atoms with Crippen LogP contribution in [0.4, 0.5) is 0 Å². The Hall–Kier alpha value is -2.69. The van der Waals surface area contributed by atoms with Crippen LogP contribution < -0.4 is 5.56 Å². The van der Waals surface area contributed by atoms with Gasteiger partial charge in [0.25, 0.3) is 0 Å². The molecule has 0 aliphatic carbocycles. The number of pyridine rings is 2. The second kappa shape index (κ2) is 5.13. The second-order valence-corrected chi connectivity index (χ2v) is 4.59. The van der Waals surface area contributed by atoms with Gasteiger partial charge in [-0.05, 0) is 30.0 Å². The number of nitrogens with zero attached hydrogens (tertiary/aromatic N) is 2. The third-order valence-corrected chi connectivity index (χ3v) is 3.34. The van der Waals surface area contributed by atoms with E-state index in [0.29, 0.717) is 12.0 Å². The smallest absolute Gasteiger partial charge is 0.248 e. The van der Waals surface area contributed by atoms with E-state index in [4.69, 9.17) is 0 Å². The average molecular weight is 267 g/mol. The molecule has 5 heteroatoms. The summed E-state index contributed by atoms with van der Waals surface area (Å²) >= 11 is 0. The van der Waals surface area contributed by atoms with E-state index in [0.717, 1.165) is 29.5 Å². The molecule has 0 saturated carbocycles. The molecule has 0 aliphatic heterocycles. The fraction of sp³-hybridized carbons (Fsp3) is 0.133. The molecule has 0 unspecified atom stereocenters. The summed E-state index contributed by atoms with van der Waals surface area (Å²) < 4.78 is 1.96. The van der Waals surface area contributed by atoms with Crippen LogP contribution in [-0.4, -0.2) is 20.7 Å². The summed E-state index contributed by atoms with van der Waals surface area (Å²) in [5.74, 6) is 0. The molecular weight excluding hydrogens is 254 g/mol. The molecule has 0 bridgehead atoms. The number of aromatic nitrogens is 3. The highest BCUT2D eigenvalue weighted by Crippen LogP contribution is 2.13. The van der Waals surface area contributed by atoms with E-state index >= 15 is 0 Å². The number of aryl methyl sites for hydroxylation is 2. The van der Waals surface area contributed by atoms with Crippen LogP contribution >= 0.6 is 0 Å². The molecule has 3 aromatic rings. The van der Waals surface area contributed by atoms with Gasteiger partial charge in [0.1, 0.15) is 5.65 Å². The minimum atomic E-state index is -0.258. The predicted molar refractivity (Wildman–Crippen MR) is 75.1 cm³/mol. The molecule has 0 fully saturated rings. The van der Waals surface area contributed by atoms with Crippen LogP contribution in [0, 0.1) is 0 Å². The number of aromatic amines is 1. The van der Waals surface area contributed by atoms with Gasteiger partial charge in [-0.3, -0.25) is 9.59 Å². The standard InChI is InChI=1S/C15H13N3O2/c19-10-13-8-14(20)17-9-12(13)4-3-11-2-1-6-18-7-5-16-15(11)18/h1-2,5-10H,3-4H2,(H,17,20). The normalized spacial score (nSPS) is 10.8. The number of carbonyl (C=O) groups excluding carboxylic acids is 1. The molecule has 0 radical (unpaired) electrons. The van der Waals surface area contributed by atoms with Crippen LogP contribution in [0.15, 0.2) is 47.8 Å². The molecule has 20 heavy (non-hydrogen) atoms. The van der Waals surface area contributed by atoms with E-state index in [9.17, 15) is 9.59 Å².